The minimum atomic E-state index is -0.318. The Morgan fingerprint density at radius 3 is 2.36 bits per heavy atom. The molecule has 0 unspecified atom stereocenters. The molecular weight excluding hydrogens is 498 g/mol. The van der Waals surface area contributed by atoms with Gasteiger partial charge in [0.1, 0.15) is 11.5 Å². The van der Waals surface area contributed by atoms with Crippen LogP contribution in [0.25, 0.3) is 11.3 Å². The average molecular weight is 544 g/mol. The maximum absolute atomic E-state index is 13.5. The van der Waals surface area contributed by atoms with Crippen molar-refractivity contribution < 1.29 is 23.8 Å². The molecule has 0 aliphatic carbocycles. The number of aromatic nitrogens is 2. The highest BCUT2D eigenvalue weighted by molar-refractivity contribution is 5.94. The van der Waals surface area contributed by atoms with Crippen LogP contribution in [0.3, 0.4) is 0 Å². The van der Waals surface area contributed by atoms with Gasteiger partial charge in [-0.2, -0.15) is 5.10 Å². The smallest absolute Gasteiger partial charge is 0.272 e. The number of likely N-dealkylation sites (tertiary alicyclic amines) is 1. The number of ether oxygens (including phenoxy) is 3. The number of nitrogens with zero attached hydrogens (tertiary/aromatic N) is 3. The van der Waals surface area contributed by atoms with Crippen molar-refractivity contribution in [2.45, 2.75) is 58.5 Å². The molecule has 1 aromatic carbocycles. The zero-order valence-electron chi connectivity index (χ0n) is 24.1. The highest BCUT2D eigenvalue weighted by Gasteiger charge is 2.24. The first kappa shape index (κ1) is 30.4. The normalized spacial score (nSPS) is 14.7. The molecule has 0 bridgehead atoms. The lowest BCUT2D eigenvalue weighted by Crippen LogP contribution is -2.42. The van der Waals surface area contributed by atoms with Crippen LogP contribution < -0.4 is 20.1 Å². The fraction of sp³-hybridized carbons (Fsp3) is 0.621. The van der Waals surface area contributed by atoms with E-state index in [2.05, 4.69) is 34.5 Å². The molecule has 0 spiro atoms. The quantitative estimate of drug-likeness (QED) is 0.332. The summed E-state index contributed by atoms with van der Waals surface area (Å²) < 4.78 is 18.1. The van der Waals surface area contributed by atoms with E-state index < -0.39 is 0 Å². The number of rotatable bonds is 15. The molecule has 3 rings (SSSR count). The number of benzene rings is 1. The summed E-state index contributed by atoms with van der Waals surface area (Å²) in [5.41, 5.74) is 1.78. The molecule has 1 fully saturated rings. The summed E-state index contributed by atoms with van der Waals surface area (Å²) in [6.07, 6.45) is 4.53. The van der Waals surface area contributed by atoms with E-state index in [1.807, 2.05) is 22.9 Å². The number of carbonyl (C=O) groups is 2. The Morgan fingerprint density at radius 1 is 1.05 bits per heavy atom. The molecular formula is C29H45N5O5. The molecule has 0 radical (unpaired) electrons. The van der Waals surface area contributed by atoms with Gasteiger partial charge < -0.3 is 29.7 Å². The molecule has 2 amide bonds. The third kappa shape index (κ3) is 8.96. The average Bonchev–Trinajstić information content (AvgIpc) is 3.34. The van der Waals surface area contributed by atoms with Crippen molar-refractivity contribution >= 4 is 11.8 Å². The largest absolute Gasteiger partial charge is 0.496 e. The molecule has 10 nitrogen and oxygen atoms in total. The fourth-order valence-electron chi connectivity index (χ4n) is 4.91. The van der Waals surface area contributed by atoms with Gasteiger partial charge in [-0.15, -0.1) is 0 Å². The van der Waals surface area contributed by atoms with Gasteiger partial charge >= 0.3 is 0 Å². The van der Waals surface area contributed by atoms with Gasteiger partial charge in [-0.1, -0.05) is 26.3 Å². The van der Waals surface area contributed by atoms with Gasteiger partial charge in [-0.3, -0.25) is 14.3 Å². The van der Waals surface area contributed by atoms with E-state index in [4.69, 9.17) is 14.2 Å². The van der Waals surface area contributed by atoms with Crippen LogP contribution in [-0.2, 0) is 16.1 Å². The summed E-state index contributed by atoms with van der Waals surface area (Å²) in [7, 11) is 4.82. The Kier molecular flexibility index (Phi) is 12.1. The predicted octanol–water partition coefficient (Wildman–Crippen LogP) is 3.35. The van der Waals surface area contributed by atoms with Crippen LogP contribution in [0.1, 0.15) is 56.4 Å². The number of carbonyl (C=O) groups excluding carboxylic acids is 2. The maximum Gasteiger partial charge on any atom is 0.272 e. The first-order valence-electron chi connectivity index (χ1n) is 13.9. The van der Waals surface area contributed by atoms with Gasteiger partial charge in [0.25, 0.3) is 5.91 Å². The number of methoxy groups -OCH3 is 3. The molecule has 10 heteroatoms. The van der Waals surface area contributed by atoms with E-state index in [-0.39, 0.29) is 24.3 Å². The molecule has 39 heavy (non-hydrogen) atoms. The SMILES string of the molecule is COCCNC(=O)C[C@H](CCN1CCCCC1)NC(=O)c1cc(-c2c(OC)cccc2OC)n(CC(C)C)n1. The van der Waals surface area contributed by atoms with Gasteiger partial charge in [0.2, 0.25) is 5.91 Å². The Labute approximate surface area is 232 Å². The minimum absolute atomic E-state index is 0.110. The second-order valence-corrected chi connectivity index (χ2v) is 10.4. The summed E-state index contributed by atoms with van der Waals surface area (Å²) >= 11 is 0. The molecule has 2 aromatic rings. The lowest BCUT2D eigenvalue weighted by atomic mass is 10.1. The molecule has 1 atom stereocenters. The lowest BCUT2D eigenvalue weighted by molar-refractivity contribution is -0.121. The Balaban J connectivity index is 1.83. The maximum atomic E-state index is 13.5. The van der Waals surface area contributed by atoms with Crippen molar-refractivity contribution in [2.24, 2.45) is 5.92 Å². The van der Waals surface area contributed by atoms with Crippen LogP contribution in [0, 0.1) is 5.92 Å². The molecule has 1 aliphatic heterocycles. The standard InChI is InChI=1S/C29H45N5O5/c1-21(2)20-34-24(28-25(38-4)10-9-11-26(28)39-5)19-23(32-34)29(36)31-22(18-27(35)30-13-17-37-3)12-16-33-14-7-6-8-15-33/h9-11,19,21-22H,6-8,12-18,20H2,1-5H3,(H,30,35)(H,31,36)/t22-/m0/s1. The molecule has 2 heterocycles. The monoisotopic (exact) mass is 543 g/mol. The summed E-state index contributed by atoms with van der Waals surface area (Å²) in [5.74, 6) is 1.16. The van der Waals surface area contributed by atoms with E-state index in [1.54, 1.807) is 27.4 Å². The zero-order valence-corrected chi connectivity index (χ0v) is 24.1. The van der Waals surface area contributed by atoms with Crippen LogP contribution in [0.5, 0.6) is 11.5 Å². The van der Waals surface area contributed by atoms with Crippen LogP contribution in [0.4, 0.5) is 0 Å². The highest BCUT2D eigenvalue weighted by Crippen LogP contribution is 2.38. The van der Waals surface area contributed by atoms with Crippen molar-refractivity contribution in [2.75, 3.05) is 54.1 Å². The van der Waals surface area contributed by atoms with Crippen molar-refractivity contribution in [1.29, 1.82) is 0 Å². The van der Waals surface area contributed by atoms with Crippen LogP contribution in [0.2, 0.25) is 0 Å². The second kappa shape index (κ2) is 15.5. The van der Waals surface area contributed by atoms with E-state index in [0.717, 1.165) is 30.9 Å². The topological polar surface area (TPSA) is 107 Å². The van der Waals surface area contributed by atoms with Gasteiger partial charge in [0.05, 0.1) is 32.1 Å². The number of hydrogen-bond acceptors (Lipinski definition) is 7. The van der Waals surface area contributed by atoms with Gasteiger partial charge in [0.15, 0.2) is 5.69 Å². The van der Waals surface area contributed by atoms with E-state index >= 15 is 0 Å². The molecule has 1 aromatic heterocycles. The number of nitrogens with one attached hydrogen (secondary N) is 2. The van der Waals surface area contributed by atoms with Crippen molar-refractivity contribution in [3.8, 4) is 22.8 Å². The predicted molar refractivity (Wildman–Crippen MR) is 151 cm³/mol. The van der Waals surface area contributed by atoms with E-state index in [0.29, 0.717) is 49.2 Å². The van der Waals surface area contributed by atoms with Crippen LogP contribution >= 0.6 is 0 Å². The summed E-state index contributed by atoms with van der Waals surface area (Å²) in [6, 6.07) is 7.05. The van der Waals surface area contributed by atoms with E-state index in [1.165, 1.54) is 19.3 Å². The molecule has 2 N–H and O–H groups in total. The number of piperidine rings is 1. The van der Waals surface area contributed by atoms with Gasteiger partial charge in [0, 0.05) is 39.2 Å². The summed E-state index contributed by atoms with van der Waals surface area (Å²) in [4.78, 5) is 28.6. The second-order valence-electron chi connectivity index (χ2n) is 10.4. The van der Waals surface area contributed by atoms with Crippen molar-refractivity contribution in [3.63, 3.8) is 0 Å². The van der Waals surface area contributed by atoms with Crippen molar-refractivity contribution in [1.82, 2.24) is 25.3 Å². The van der Waals surface area contributed by atoms with E-state index in [9.17, 15) is 9.59 Å². The third-order valence-corrected chi connectivity index (χ3v) is 6.87. The van der Waals surface area contributed by atoms with Gasteiger partial charge in [-0.25, -0.2) is 0 Å². The van der Waals surface area contributed by atoms with Crippen LogP contribution in [-0.4, -0.2) is 86.7 Å². The first-order chi connectivity index (χ1) is 18.9. The molecule has 0 saturated carbocycles. The van der Waals surface area contributed by atoms with Crippen molar-refractivity contribution in [3.05, 3.63) is 30.0 Å². The fourth-order valence-corrected chi connectivity index (χ4v) is 4.91. The van der Waals surface area contributed by atoms with Gasteiger partial charge in [-0.05, 0) is 56.5 Å². The number of hydrogen-bond donors (Lipinski definition) is 2. The summed E-state index contributed by atoms with van der Waals surface area (Å²) in [6.45, 7) is 8.65. The molecule has 1 aliphatic rings. The molecule has 216 valence electrons. The Hall–Kier alpha value is -3.11. The Morgan fingerprint density at radius 2 is 1.74 bits per heavy atom. The Bertz CT molecular complexity index is 1040. The minimum Gasteiger partial charge on any atom is -0.496 e. The summed E-state index contributed by atoms with van der Waals surface area (Å²) in [5, 5.41) is 10.7. The first-order valence-corrected chi connectivity index (χ1v) is 13.9. The number of amides is 2. The molecule has 1 saturated heterocycles. The lowest BCUT2D eigenvalue weighted by Gasteiger charge is -2.28. The zero-order chi connectivity index (χ0) is 28.2. The third-order valence-electron chi connectivity index (χ3n) is 6.87. The highest BCUT2D eigenvalue weighted by atomic mass is 16.5. The van der Waals surface area contributed by atoms with Crippen LogP contribution in [0.15, 0.2) is 24.3 Å².